The molecule has 0 bridgehead atoms. The SMILES string of the molecule is Cc1cc2c(C(N)=O)c(N)n(-c3c(C)c(O)c(Cl)c(F)c3C)c2nc1C. The van der Waals surface area contributed by atoms with E-state index in [-0.39, 0.29) is 27.7 Å². The standard InChI is InChI=1S/C18H18ClFN4O2/c1-6-5-10-11(17(22)26)16(21)24(18(10)23-9(6)4)14-7(2)13(20)12(19)15(25)8(14)3/h5,25H,21H2,1-4H3,(H2,22,26). The monoisotopic (exact) mass is 376 g/mol. The van der Waals surface area contributed by atoms with E-state index < -0.39 is 17.5 Å². The number of carbonyl (C=O) groups excluding carboxylic acids is 1. The molecule has 0 fully saturated rings. The van der Waals surface area contributed by atoms with Gasteiger partial charge in [0.2, 0.25) is 0 Å². The summed E-state index contributed by atoms with van der Waals surface area (Å²) in [6.45, 7) is 6.76. The van der Waals surface area contributed by atoms with Crippen LogP contribution in [0.5, 0.6) is 5.75 Å². The lowest BCUT2D eigenvalue weighted by atomic mass is 10.1. The maximum Gasteiger partial charge on any atom is 0.253 e. The Bertz CT molecular complexity index is 1080. The quantitative estimate of drug-likeness (QED) is 0.636. The highest BCUT2D eigenvalue weighted by Gasteiger charge is 2.27. The molecule has 3 rings (SSSR count). The number of hydrogen-bond donors (Lipinski definition) is 3. The number of rotatable bonds is 2. The van der Waals surface area contributed by atoms with E-state index in [1.54, 1.807) is 13.0 Å². The zero-order valence-corrected chi connectivity index (χ0v) is 15.5. The van der Waals surface area contributed by atoms with Crippen LogP contribution in [-0.4, -0.2) is 20.6 Å². The lowest BCUT2D eigenvalue weighted by molar-refractivity contribution is 0.100. The fourth-order valence-corrected chi connectivity index (χ4v) is 3.45. The number of phenols is 1. The van der Waals surface area contributed by atoms with E-state index >= 15 is 0 Å². The minimum atomic E-state index is -0.768. The molecule has 2 heterocycles. The van der Waals surface area contributed by atoms with E-state index in [2.05, 4.69) is 4.98 Å². The Kier molecular flexibility index (Phi) is 4.07. The smallest absolute Gasteiger partial charge is 0.253 e. The second-order valence-corrected chi connectivity index (χ2v) is 6.67. The van der Waals surface area contributed by atoms with E-state index in [0.29, 0.717) is 16.6 Å². The van der Waals surface area contributed by atoms with Crippen LogP contribution >= 0.6 is 11.6 Å². The number of nitrogens with zero attached hydrogens (tertiary/aromatic N) is 2. The number of aromatic nitrogens is 2. The van der Waals surface area contributed by atoms with Gasteiger partial charge in [0.15, 0.2) is 5.82 Å². The summed E-state index contributed by atoms with van der Waals surface area (Å²) in [5.74, 6) is -1.85. The zero-order chi connectivity index (χ0) is 19.5. The number of benzene rings is 1. The fraction of sp³-hybridized carbons (Fsp3) is 0.222. The van der Waals surface area contributed by atoms with Crippen molar-refractivity contribution in [2.24, 2.45) is 5.73 Å². The Hall–Kier alpha value is -2.80. The molecule has 0 radical (unpaired) electrons. The summed E-state index contributed by atoms with van der Waals surface area (Å²) < 4.78 is 15.9. The van der Waals surface area contributed by atoms with Gasteiger partial charge in [0, 0.05) is 22.2 Å². The summed E-state index contributed by atoms with van der Waals surface area (Å²) in [5, 5.41) is 10.3. The second kappa shape index (κ2) is 5.88. The van der Waals surface area contributed by atoms with Gasteiger partial charge in [0.05, 0.1) is 11.3 Å². The van der Waals surface area contributed by atoms with Crippen molar-refractivity contribution in [3.05, 3.63) is 44.9 Å². The number of aromatic hydroxyl groups is 1. The Morgan fingerprint density at radius 2 is 1.88 bits per heavy atom. The van der Waals surface area contributed by atoms with Crippen molar-refractivity contribution >= 4 is 34.4 Å². The van der Waals surface area contributed by atoms with Gasteiger partial charge in [-0.3, -0.25) is 9.36 Å². The maximum atomic E-state index is 14.5. The van der Waals surface area contributed by atoms with Crippen molar-refractivity contribution in [3.63, 3.8) is 0 Å². The molecule has 8 heteroatoms. The Morgan fingerprint density at radius 3 is 2.46 bits per heavy atom. The average Bonchev–Trinajstić information content (AvgIpc) is 2.84. The van der Waals surface area contributed by atoms with Gasteiger partial charge in [-0.15, -0.1) is 0 Å². The first-order valence-electron chi connectivity index (χ1n) is 7.83. The number of halogens is 2. The number of pyridine rings is 1. The van der Waals surface area contributed by atoms with E-state index in [1.807, 2.05) is 13.8 Å². The zero-order valence-electron chi connectivity index (χ0n) is 14.7. The molecule has 136 valence electrons. The van der Waals surface area contributed by atoms with Crippen LogP contribution in [0.15, 0.2) is 6.07 Å². The van der Waals surface area contributed by atoms with Gasteiger partial charge in [0.25, 0.3) is 5.91 Å². The molecule has 1 aromatic carbocycles. The minimum absolute atomic E-state index is 0.0253. The Morgan fingerprint density at radius 1 is 1.27 bits per heavy atom. The van der Waals surface area contributed by atoms with Gasteiger partial charge in [-0.05, 0) is 39.3 Å². The third-order valence-electron chi connectivity index (χ3n) is 4.69. The first-order valence-corrected chi connectivity index (χ1v) is 8.21. The Labute approximate surface area is 154 Å². The maximum absolute atomic E-state index is 14.5. The Balaban J connectivity index is 2.58. The lowest BCUT2D eigenvalue weighted by Gasteiger charge is -2.17. The molecule has 0 unspecified atom stereocenters. The summed E-state index contributed by atoms with van der Waals surface area (Å²) in [5.41, 5.74) is 14.5. The van der Waals surface area contributed by atoms with Crippen LogP contribution < -0.4 is 11.5 Å². The fourth-order valence-electron chi connectivity index (χ4n) is 3.16. The number of amides is 1. The van der Waals surface area contributed by atoms with Gasteiger partial charge in [0.1, 0.15) is 22.2 Å². The van der Waals surface area contributed by atoms with Crippen LogP contribution in [0.2, 0.25) is 5.02 Å². The summed E-state index contributed by atoms with van der Waals surface area (Å²) in [6, 6.07) is 1.77. The highest BCUT2D eigenvalue weighted by atomic mass is 35.5. The van der Waals surface area contributed by atoms with E-state index in [4.69, 9.17) is 23.1 Å². The lowest BCUT2D eigenvalue weighted by Crippen LogP contribution is -2.14. The first-order chi connectivity index (χ1) is 12.1. The molecular weight excluding hydrogens is 359 g/mol. The third kappa shape index (κ3) is 2.31. The van der Waals surface area contributed by atoms with Crippen LogP contribution in [-0.2, 0) is 0 Å². The molecule has 0 aliphatic carbocycles. The van der Waals surface area contributed by atoms with Crippen molar-refractivity contribution in [3.8, 4) is 11.4 Å². The van der Waals surface area contributed by atoms with Gasteiger partial charge in [-0.2, -0.15) is 0 Å². The number of aryl methyl sites for hydroxylation is 2. The summed E-state index contributed by atoms with van der Waals surface area (Å²) in [6.07, 6.45) is 0. The molecule has 3 aromatic rings. The number of hydrogen-bond acceptors (Lipinski definition) is 4. The molecule has 0 saturated carbocycles. The van der Waals surface area contributed by atoms with Crippen LogP contribution in [0.1, 0.15) is 32.7 Å². The number of phenolic OH excluding ortho intramolecular Hbond substituents is 1. The van der Waals surface area contributed by atoms with E-state index in [0.717, 1.165) is 11.3 Å². The molecule has 0 aliphatic rings. The van der Waals surface area contributed by atoms with E-state index in [1.165, 1.54) is 11.5 Å². The van der Waals surface area contributed by atoms with Crippen molar-refractivity contribution in [1.29, 1.82) is 0 Å². The topological polar surface area (TPSA) is 107 Å². The van der Waals surface area contributed by atoms with Crippen LogP contribution in [0.4, 0.5) is 10.2 Å². The molecule has 0 spiro atoms. The van der Waals surface area contributed by atoms with Crippen LogP contribution in [0.25, 0.3) is 16.7 Å². The molecular formula is C18H18ClFN4O2. The number of anilines is 1. The summed E-state index contributed by atoms with van der Waals surface area (Å²) in [7, 11) is 0. The normalized spacial score (nSPS) is 11.3. The molecule has 1 amide bonds. The molecule has 2 aromatic heterocycles. The number of nitrogen functional groups attached to an aromatic ring is 1. The third-order valence-corrected chi connectivity index (χ3v) is 5.03. The van der Waals surface area contributed by atoms with Crippen molar-refractivity contribution < 1.29 is 14.3 Å². The highest BCUT2D eigenvalue weighted by Crippen LogP contribution is 2.40. The number of primary amides is 1. The van der Waals surface area contributed by atoms with Crippen molar-refractivity contribution in [1.82, 2.24) is 9.55 Å². The van der Waals surface area contributed by atoms with Gasteiger partial charge in [-0.1, -0.05) is 11.6 Å². The molecule has 0 aliphatic heterocycles. The summed E-state index contributed by atoms with van der Waals surface area (Å²) >= 11 is 5.85. The van der Waals surface area contributed by atoms with Gasteiger partial charge < -0.3 is 16.6 Å². The minimum Gasteiger partial charge on any atom is -0.506 e. The van der Waals surface area contributed by atoms with Gasteiger partial charge in [-0.25, -0.2) is 9.37 Å². The summed E-state index contributed by atoms with van der Waals surface area (Å²) in [4.78, 5) is 16.5. The van der Waals surface area contributed by atoms with Crippen molar-refractivity contribution in [2.45, 2.75) is 27.7 Å². The van der Waals surface area contributed by atoms with Crippen LogP contribution in [0, 0.1) is 33.5 Å². The molecule has 0 atom stereocenters. The van der Waals surface area contributed by atoms with Gasteiger partial charge >= 0.3 is 0 Å². The molecule has 6 nitrogen and oxygen atoms in total. The number of nitrogens with two attached hydrogens (primary N) is 2. The second-order valence-electron chi connectivity index (χ2n) is 6.30. The molecule has 26 heavy (non-hydrogen) atoms. The van der Waals surface area contributed by atoms with E-state index in [9.17, 15) is 14.3 Å². The van der Waals surface area contributed by atoms with Crippen LogP contribution in [0.3, 0.4) is 0 Å². The number of carbonyl (C=O) groups is 1. The van der Waals surface area contributed by atoms with Crippen molar-refractivity contribution in [2.75, 3.05) is 5.73 Å². The molecule has 0 saturated heterocycles. The predicted octanol–water partition coefficient (Wildman–Crippen LogP) is 3.44. The number of fused-ring (bicyclic) bond motifs is 1. The molecule has 5 N–H and O–H groups in total. The average molecular weight is 377 g/mol. The predicted molar refractivity (Wildman–Crippen MR) is 99.6 cm³/mol. The largest absolute Gasteiger partial charge is 0.506 e. The highest BCUT2D eigenvalue weighted by molar-refractivity contribution is 6.32. The first kappa shape index (κ1) is 18.0.